The zero-order valence-corrected chi connectivity index (χ0v) is 11.2. The Morgan fingerprint density at radius 3 is 3.12 bits per heavy atom. The summed E-state index contributed by atoms with van der Waals surface area (Å²) < 4.78 is 5.71. The maximum Gasteiger partial charge on any atom is 0.0723 e. The van der Waals surface area contributed by atoms with E-state index in [0.29, 0.717) is 11.9 Å². The van der Waals surface area contributed by atoms with Crippen molar-refractivity contribution < 1.29 is 4.74 Å². The molecule has 4 heteroatoms. The average molecular weight is 255 g/mol. The number of hydrogen-bond donors (Lipinski definition) is 0. The van der Waals surface area contributed by atoms with E-state index in [4.69, 9.17) is 16.3 Å². The summed E-state index contributed by atoms with van der Waals surface area (Å²) in [5.74, 6) is 0.463. The number of pyridine rings is 1. The smallest absolute Gasteiger partial charge is 0.0723 e. The highest BCUT2D eigenvalue weighted by Gasteiger charge is 2.25. The normalized spacial score (nSPS) is 25.0. The van der Waals surface area contributed by atoms with Crippen molar-refractivity contribution in [2.24, 2.45) is 0 Å². The zero-order chi connectivity index (χ0) is 12.3. The van der Waals surface area contributed by atoms with Crippen LogP contribution in [-0.4, -0.2) is 30.3 Å². The molecule has 0 bridgehead atoms. The highest BCUT2D eigenvalue weighted by molar-refractivity contribution is 6.16. The first-order chi connectivity index (χ1) is 8.24. The molecule has 2 unspecified atom stereocenters. The second kappa shape index (κ2) is 5.69. The molecule has 3 nitrogen and oxygen atoms in total. The van der Waals surface area contributed by atoms with Gasteiger partial charge in [0.05, 0.1) is 30.3 Å². The molecular formula is C13H19ClN2O. The molecule has 94 valence electrons. The Balaban J connectivity index is 2.22. The minimum Gasteiger partial charge on any atom is -0.375 e. The van der Waals surface area contributed by atoms with Gasteiger partial charge in [-0.3, -0.25) is 4.98 Å². The molecule has 0 radical (unpaired) electrons. The number of rotatable bonds is 3. The lowest BCUT2D eigenvalue weighted by atomic mass is 10.1. The van der Waals surface area contributed by atoms with Crippen molar-refractivity contribution in [3.63, 3.8) is 0 Å². The number of aromatic nitrogens is 1. The van der Waals surface area contributed by atoms with Crippen molar-refractivity contribution in [2.45, 2.75) is 38.3 Å². The molecule has 17 heavy (non-hydrogen) atoms. The fraction of sp³-hybridized carbons (Fsp3) is 0.615. The van der Waals surface area contributed by atoms with Gasteiger partial charge in [-0.2, -0.15) is 0 Å². The molecule has 2 atom stereocenters. The van der Waals surface area contributed by atoms with Gasteiger partial charge < -0.3 is 9.64 Å². The van der Waals surface area contributed by atoms with Crippen LogP contribution in [0.5, 0.6) is 0 Å². The van der Waals surface area contributed by atoms with Crippen LogP contribution < -0.4 is 4.90 Å². The quantitative estimate of drug-likeness (QED) is 0.776. The highest BCUT2D eigenvalue weighted by atomic mass is 35.5. The van der Waals surface area contributed by atoms with Crippen LogP contribution >= 0.6 is 11.6 Å². The molecule has 1 saturated heterocycles. The van der Waals surface area contributed by atoms with Crippen molar-refractivity contribution in [1.82, 2.24) is 4.98 Å². The Morgan fingerprint density at radius 2 is 2.41 bits per heavy atom. The van der Waals surface area contributed by atoms with Gasteiger partial charge in [0.1, 0.15) is 0 Å². The van der Waals surface area contributed by atoms with E-state index in [1.54, 1.807) is 0 Å². The van der Waals surface area contributed by atoms with E-state index in [0.717, 1.165) is 25.3 Å². The molecule has 1 aromatic heterocycles. The Kier molecular flexibility index (Phi) is 4.24. The van der Waals surface area contributed by atoms with Gasteiger partial charge in [0.2, 0.25) is 0 Å². The molecule has 0 spiro atoms. The van der Waals surface area contributed by atoms with Gasteiger partial charge >= 0.3 is 0 Å². The van der Waals surface area contributed by atoms with E-state index >= 15 is 0 Å². The SMILES string of the molecule is CCC1COC(C)CN1c1ccnc(CCl)c1. The monoisotopic (exact) mass is 254 g/mol. The van der Waals surface area contributed by atoms with E-state index in [1.807, 2.05) is 6.20 Å². The summed E-state index contributed by atoms with van der Waals surface area (Å²) in [5, 5.41) is 0. The van der Waals surface area contributed by atoms with Gasteiger partial charge in [-0.1, -0.05) is 6.92 Å². The van der Waals surface area contributed by atoms with E-state index in [2.05, 4.69) is 35.9 Å². The summed E-state index contributed by atoms with van der Waals surface area (Å²) in [6.45, 7) is 6.05. The number of ether oxygens (including phenoxy) is 1. The number of hydrogen-bond acceptors (Lipinski definition) is 3. The maximum absolute atomic E-state index is 5.83. The van der Waals surface area contributed by atoms with E-state index in [9.17, 15) is 0 Å². The minimum atomic E-state index is 0.283. The lowest BCUT2D eigenvalue weighted by Crippen LogP contribution is -2.48. The Labute approximate surface area is 108 Å². The molecule has 1 fully saturated rings. The van der Waals surface area contributed by atoms with Gasteiger partial charge in [-0.25, -0.2) is 0 Å². The van der Waals surface area contributed by atoms with Crippen LogP contribution in [0.15, 0.2) is 18.3 Å². The van der Waals surface area contributed by atoms with Gasteiger partial charge in [0, 0.05) is 18.4 Å². The largest absolute Gasteiger partial charge is 0.375 e. The van der Waals surface area contributed by atoms with Gasteiger partial charge in [0.15, 0.2) is 0 Å². The lowest BCUT2D eigenvalue weighted by molar-refractivity contribution is 0.0299. The molecule has 0 N–H and O–H groups in total. The van der Waals surface area contributed by atoms with Crippen molar-refractivity contribution in [3.05, 3.63) is 24.0 Å². The molecule has 0 amide bonds. The summed E-state index contributed by atoms with van der Waals surface area (Å²) in [6.07, 6.45) is 3.20. The van der Waals surface area contributed by atoms with Crippen LogP contribution in [0.1, 0.15) is 26.0 Å². The third-order valence-corrected chi connectivity index (χ3v) is 3.48. The Bertz CT molecular complexity index is 372. The number of halogens is 1. The standard InChI is InChI=1S/C13H19ClN2O/c1-3-12-9-17-10(2)8-16(12)13-4-5-15-11(6-13)7-14/h4-6,10,12H,3,7-9H2,1-2H3. The first-order valence-corrected chi connectivity index (χ1v) is 6.67. The number of nitrogens with zero attached hydrogens (tertiary/aromatic N) is 2. The van der Waals surface area contributed by atoms with E-state index in [-0.39, 0.29) is 6.10 Å². The van der Waals surface area contributed by atoms with Gasteiger partial charge in [0.25, 0.3) is 0 Å². The molecular weight excluding hydrogens is 236 g/mol. The lowest BCUT2D eigenvalue weighted by Gasteiger charge is -2.40. The van der Waals surface area contributed by atoms with Crippen molar-refractivity contribution in [3.8, 4) is 0 Å². The van der Waals surface area contributed by atoms with Crippen LogP contribution in [0, 0.1) is 0 Å². The summed E-state index contributed by atoms with van der Waals surface area (Å²) in [5.41, 5.74) is 2.14. The zero-order valence-electron chi connectivity index (χ0n) is 10.4. The van der Waals surface area contributed by atoms with Gasteiger partial charge in [-0.15, -0.1) is 11.6 Å². The Morgan fingerprint density at radius 1 is 1.59 bits per heavy atom. The summed E-state index contributed by atoms with van der Waals surface area (Å²) in [7, 11) is 0. The molecule has 1 aromatic rings. The molecule has 1 aliphatic heterocycles. The van der Waals surface area contributed by atoms with Crippen LogP contribution in [0.4, 0.5) is 5.69 Å². The predicted molar refractivity (Wildman–Crippen MR) is 70.6 cm³/mol. The van der Waals surface area contributed by atoms with Crippen molar-refractivity contribution >= 4 is 17.3 Å². The highest BCUT2D eigenvalue weighted by Crippen LogP contribution is 2.23. The van der Waals surface area contributed by atoms with E-state index < -0.39 is 0 Å². The topological polar surface area (TPSA) is 25.4 Å². The fourth-order valence-electron chi connectivity index (χ4n) is 2.22. The molecule has 1 aliphatic rings. The second-order valence-electron chi connectivity index (χ2n) is 4.50. The first kappa shape index (κ1) is 12.7. The first-order valence-electron chi connectivity index (χ1n) is 6.13. The molecule has 2 rings (SSSR count). The molecule has 0 saturated carbocycles. The van der Waals surface area contributed by atoms with Crippen molar-refractivity contribution in [2.75, 3.05) is 18.1 Å². The molecule has 0 aliphatic carbocycles. The van der Waals surface area contributed by atoms with Crippen LogP contribution in [0.2, 0.25) is 0 Å². The van der Waals surface area contributed by atoms with Crippen LogP contribution in [-0.2, 0) is 10.6 Å². The van der Waals surface area contributed by atoms with Crippen LogP contribution in [0.25, 0.3) is 0 Å². The predicted octanol–water partition coefficient (Wildman–Crippen LogP) is 2.82. The summed E-state index contributed by atoms with van der Waals surface area (Å²) in [4.78, 5) is 6.64. The summed E-state index contributed by atoms with van der Waals surface area (Å²) >= 11 is 5.83. The third-order valence-electron chi connectivity index (χ3n) is 3.21. The number of alkyl halides is 1. The fourth-order valence-corrected chi connectivity index (χ4v) is 2.36. The molecule has 2 heterocycles. The van der Waals surface area contributed by atoms with Gasteiger partial charge in [-0.05, 0) is 25.5 Å². The summed E-state index contributed by atoms with van der Waals surface area (Å²) in [6, 6.07) is 4.58. The van der Waals surface area contributed by atoms with Crippen LogP contribution in [0.3, 0.4) is 0 Å². The molecule has 0 aromatic carbocycles. The second-order valence-corrected chi connectivity index (χ2v) is 4.76. The Hall–Kier alpha value is -0.800. The average Bonchev–Trinajstić information content (AvgIpc) is 2.39. The van der Waals surface area contributed by atoms with E-state index in [1.165, 1.54) is 5.69 Å². The maximum atomic E-state index is 5.83. The minimum absolute atomic E-state index is 0.283. The number of anilines is 1. The van der Waals surface area contributed by atoms with Crippen molar-refractivity contribution in [1.29, 1.82) is 0 Å². The third kappa shape index (κ3) is 2.90. The number of morpholine rings is 1.